The summed E-state index contributed by atoms with van der Waals surface area (Å²) in [7, 11) is 3.15. The van der Waals surface area contributed by atoms with E-state index in [1.165, 1.54) is 0 Å². The molecule has 1 amide bonds. The topological polar surface area (TPSA) is 72.8 Å². The minimum Gasteiger partial charge on any atom is -0.497 e. The molecule has 1 fully saturated rings. The van der Waals surface area contributed by atoms with E-state index in [1.807, 2.05) is 18.2 Å². The highest BCUT2D eigenvalue weighted by molar-refractivity contribution is 8.18. The van der Waals surface area contributed by atoms with Gasteiger partial charge in [-0.3, -0.25) is 9.78 Å². The summed E-state index contributed by atoms with van der Waals surface area (Å²) in [5.41, 5.74) is 1.52. The molecular weight excluding hydrogens is 326 g/mol. The van der Waals surface area contributed by atoms with E-state index in [2.05, 4.69) is 15.3 Å². The largest absolute Gasteiger partial charge is 0.497 e. The average Bonchev–Trinajstić information content (AvgIpc) is 2.94. The first-order valence-electron chi connectivity index (χ1n) is 7.10. The number of pyridine rings is 1. The van der Waals surface area contributed by atoms with Gasteiger partial charge in [-0.05, 0) is 29.5 Å². The third-order valence-electron chi connectivity index (χ3n) is 3.22. The Morgan fingerprint density at radius 3 is 2.58 bits per heavy atom. The zero-order chi connectivity index (χ0) is 16.9. The minimum absolute atomic E-state index is 0.168. The zero-order valence-corrected chi connectivity index (χ0v) is 14.0. The van der Waals surface area contributed by atoms with Gasteiger partial charge < -0.3 is 14.8 Å². The number of aliphatic imine (C=N–C) groups is 1. The highest BCUT2D eigenvalue weighted by Gasteiger charge is 2.23. The van der Waals surface area contributed by atoms with Crippen LogP contribution in [0.4, 0.5) is 10.5 Å². The van der Waals surface area contributed by atoms with Gasteiger partial charge in [-0.1, -0.05) is 6.07 Å². The third kappa shape index (κ3) is 3.75. The van der Waals surface area contributed by atoms with E-state index >= 15 is 0 Å². The molecule has 1 aromatic heterocycles. The van der Waals surface area contributed by atoms with E-state index in [-0.39, 0.29) is 5.24 Å². The predicted octanol–water partition coefficient (Wildman–Crippen LogP) is 3.63. The van der Waals surface area contributed by atoms with Crippen molar-refractivity contribution in [2.45, 2.75) is 0 Å². The lowest BCUT2D eigenvalue weighted by molar-refractivity contribution is 0.265. The summed E-state index contributed by atoms with van der Waals surface area (Å²) in [6.07, 6.45) is 5.29. The van der Waals surface area contributed by atoms with E-state index in [0.29, 0.717) is 23.0 Å². The molecule has 0 radical (unpaired) electrons. The molecule has 0 bridgehead atoms. The summed E-state index contributed by atoms with van der Waals surface area (Å²) in [4.78, 5) is 21.1. The second-order valence-electron chi connectivity index (χ2n) is 4.84. The number of nitrogens with one attached hydrogen (secondary N) is 1. The van der Waals surface area contributed by atoms with Crippen molar-refractivity contribution in [3.63, 3.8) is 0 Å². The van der Waals surface area contributed by atoms with E-state index < -0.39 is 0 Å². The predicted molar refractivity (Wildman–Crippen MR) is 95.0 cm³/mol. The summed E-state index contributed by atoms with van der Waals surface area (Å²) >= 11 is 1.10. The van der Waals surface area contributed by atoms with Gasteiger partial charge in [0.15, 0.2) is 0 Å². The fourth-order valence-corrected chi connectivity index (χ4v) is 2.85. The van der Waals surface area contributed by atoms with Crippen LogP contribution < -0.4 is 14.8 Å². The summed E-state index contributed by atoms with van der Waals surface area (Å²) < 4.78 is 10.5. The Morgan fingerprint density at radius 2 is 1.96 bits per heavy atom. The maximum Gasteiger partial charge on any atom is 0.289 e. The Hall–Kier alpha value is -2.80. The Kier molecular flexibility index (Phi) is 4.81. The van der Waals surface area contributed by atoms with Gasteiger partial charge in [-0.2, -0.15) is 0 Å². The molecule has 1 aliphatic heterocycles. The van der Waals surface area contributed by atoms with Crippen LogP contribution in [0.15, 0.2) is 52.6 Å². The van der Waals surface area contributed by atoms with Gasteiger partial charge in [0.25, 0.3) is 5.24 Å². The second kappa shape index (κ2) is 7.18. The first kappa shape index (κ1) is 16.1. The van der Waals surface area contributed by atoms with Crippen molar-refractivity contribution in [1.29, 1.82) is 0 Å². The Bertz CT molecular complexity index is 797. The van der Waals surface area contributed by atoms with Gasteiger partial charge in [0.2, 0.25) is 0 Å². The Labute approximate surface area is 143 Å². The molecule has 1 aromatic carbocycles. The van der Waals surface area contributed by atoms with Gasteiger partial charge in [0, 0.05) is 30.6 Å². The number of aromatic nitrogens is 1. The number of amidine groups is 1. The second-order valence-corrected chi connectivity index (χ2v) is 5.86. The quantitative estimate of drug-likeness (QED) is 0.919. The highest BCUT2D eigenvalue weighted by atomic mass is 32.2. The van der Waals surface area contributed by atoms with E-state index in [1.54, 1.807) is 44.8 Å². The van der Waals surface area contributed by atoms with Crippen molar-refractivity contribution < 1.29 is 14.3 Å². The SMILES string of the molecule is COc1cc(N=C2NC(=O)SC2=Cc2cccnc2)cc(OC)c1. The monoisotopic (exact) mass is 341 g/mol. The number of benzene rings is 1. The van der Waals surface area contributed by atoms with E-state index in [9.17, 15) is 4.79 Å². The molecule has 0 atom stereocenters. The molecule has 0 saturated carbocycles. The van der Waals surface area contributed by atoms with Crippen LogP contribution in [-0.4, -0.2) is 30.3 Å². The van der Waals surface area contributed by atoms with Gasteiger partial charge in [-0.25, -0.2) is 4.99 Å². The molecule has 2 aromatic rings. The van der Waals surface area contributed by atoms with Gasteiger partial charge in [-0.15, -0.1) is 0 Å². The number of methoxy groups -OCH3 is 2. The molecule has 6 nitrogen and oxygen atoms in total. The Balaban J connectivity index is 1.98. The van der Waals surface area contributed by atoms with Crippen molar-refractivity contribution in [3.8, 4) is 11.5 Å². The number of carbonyl (C=O) groups is 1. The molecule has 122 valence electrons. The summed E-state index contributed by atoms with van der Waals surface area (Å²) in [6, 6.07) is 9.05. The molecule has 0 unspecified atom stereocenters. The number of hydrogen-bond donors (Lipinski definition) is 1. The normalized spacial score (nSPS) is 17.2. The summed E-state index contributed by atoms with van der Waals surface area (Å²) in [5, 5.41) is 2.58. The highest BCUT2D eigenvalue weighted by Crippen LogP contribution is 2.31. The molecule has 0 aliphatic carbocycles. The summed E-state index contributed by atoms with van der Waals surface area (Å²) in [6.45, 7) is 0. The number of rotatable bonds is 4. The van der Waals surface area contributed by atoms with Crippen LogP contribution in [-0.2, 0) is 0 Å². The molecule has 24 heavy (non-hydrogen) atoms. The van der Waals surface area contributed by atoms with Crippen molar-refractivity contribution in [2.24, 2.45) is 4.99 Å². The van der Waals surface area contributed by atoms with Gasteiger partial charge >= 0.3 is 0 Å². The molecule has 1 saturated heterocycles. The van der Waals surface area contributed by atoms with E-state index in [4.69, 9.17) is 9.47 Å². The lowest BCUT2D eigenvalue weighted by atomic mass is 10.2. The van der Waals surface area contributed by atoms with Crippen molar-refractivity contribution in [1.82, 2.24) is 10.3 Å². The fraction of sp³-hybridized carbons (Fsp3) is 0.118. The number of ether oxygens (including phenoxy) is 2. The van der Waals surface area contributed by atoms with Crippen molar-refractivity contribution in [3.05, 3.63) is 53.2 Å². The maximum absolute atomic E-state index is 11.8. The molecule has 0 spiro atoms. The molecule has 1 N–H and O–H groups in total. The van der Waals surface area contributed by atoms with Crippen molar-refractivity contribution >= 4 is 34.6 Å². The lowest BCUT2D eigenvalue weighted by Crippen LogP contribution is -2.18. The van der Waals surface area contributed by atoms with E-state index in [0.717, 1.165) is 22.2 Å². The Morgan fingerprint density at radius 1 is 1.21 bits per heavy atom. The van der Waals surface area contributed by atoms with Gasteiger partial charge in [0.1, 0.15) is 17.3 Å². The number of nitrogens with zero attached hydrogens (tertiary/aromatic N) is 2. The fourth-order valence-electron chi connectivity index (χ4n) is 2.11. The number of carbonyl (C=O) groups excluding carboxylic acids is 1. The van der Waals surface area contributed by atoms with Crippen LogP contribution in [0.3, 0.4) is 0 Å². The number of hydrogen-bond acceptors (Lipinski definition) is 6. The molecule has 3 rings (SSSR count). The zero-order valence-electron chi connectivity index (χ0n) is 13.1. The van der Waals surface area contributed by atoms with Crippen molar-refractivity contribution in [2.75, 3.05) is 14.2 Å². The van der Waals surface area contributed by atoms with Gasteiger partial charge in [0.05, 0.1) is 24.8 Å². The van der Waals surface area contributed by atoms with Crippen LogP contribution in [0.1, 0.15) is 5.56 Å². The lowest BCUT2D eigenvalue weighted by Gasteiger charge is -2.06. The molecular formula is C17H15N3O3S. The first-order chi connectivity index (χ1) is 11.7. The van der Waals surface area contributed by atoms with Crippen LogP contribution in [0, 0.1) is 0 Å². The number of amides is 1. The smallest absolute Gasteiger partial charge is 0.289 e. The van der Waals surface area contributed by atoms with Crippen LogP contribution >= 0.6 is 11.8 Å². The standard InChI is InChI=1S/C17H15N3O3S/c1-22-13-7-12(8-14(9-13)23-2)19-16-15(24-17(21)20-16)6-11-4-3-5-18-10-11/h3-10H,1-2H3,(H,19,20,21). The first-order valence-corrected chi connectivity index (χ1v) is 7.92. The average molecular weight is 341 g/mol. The molecule has 1 aliphatic rings. The minimum atomic E-state index is -0.168. The summed E-state index contributed by atoms with van der Waals surface area (Å²) in [5.74, 6) is 1.75. The van der Waals surface area contributed by atoms with Crippen LogP contribution in [0.2, 0.25) is 0 Å². The van der Waals surface area contributed by atoms with Crippen LogP contribution in [0.5, 0.6) is 11.5 Å². The molecule has 7 heteroatoms. The van der Waals surface area contributed by atoms with Crippen LogP contribution in [0.25, 0.3) is 6.08 Å². The third-order valence-corrected chi connectivity index (χ3v) is 4.03. The maximum atomic E-state index is 11.8. The molecule has 2 heterocycles. The number of thioether (sulfide) groups is 1.